The lowest BCUT2D eigenvalue weighted by molar-refractivity contribution is -0.0227. The van der Waals surface area contributed by atoms with Gasteiger partial charge < -0.3 is 15.2 Å². The minimum atomic E-state index is -0.0303. The average Bonchev–Trinajstić information content (AvgIpc) is 2.75. The largest absolute Gasteiger partial charge is 0.394 e. The van der Waals surface area contributed by atoms with Gasteiger partial charge in [0.25, 0.3) is 0 Å². The summed E-state index contributed by atoms with van der Waals surface area (Å²) in [6, 6.07) is 1.13. The summed E-state index contributed by atoms with van der Waals surface area (Å²) in [5.74, 6) is 0. The molecule has 1 saturated heterocycles. The predicted molar refractivity (Wildman–Crippen MR) is 68.1 cm³/mol. The van der Waals surface area contributed by atoms with Crippen molar-refractivity contribution in [1.29, 1.82) is 0 Å². The van der Waals surface area contributed by atoms with Crippen LogP contribution in [0.1, 0.15) is 33.1 Å². The zero-order valence-corrected chi connectivity index (χ0v) is 11.1. The molecule has 3 unspecified atom stereocenters. The summed E-state index contributed by atoms with van der Waals surface area (Å²) in [4.78, 5) is 2.57. The second kappa shape index (κ2) is 5.65. The normalized spacial score (nSPS) is 39.7. The van der Waals surface area contributed by atoms with Crippen LogP contribution in [0.4, 0.5) is 0 Å². The van der Waals surface area contributed by atoms with Crippen molar-refractivity contribution in [2.75, 3.05) is 32.9 Å². The Kier molecular flexibility index (Phi) is 4.42. The Hall–Kier alpha value is -0.160. The van der Waals surface area contributed by atoms with Crippen molar-refractivity contribution in [2.24, 2.45) is 0 Å². The second-order valence-electron chi connectivity index (χ2n) is 5.53. The highest BCUT2D eigenvalue weighted by Crippen LogP contribution is 2.34. The number of aliphatic hydroxyl groups is 1. The fourth-order valence-electron chi connectivity index (χ4n) is 3.40. The molecular formula is C13H26N2O2. The SMILES string of the molecule is CCNC1(CO)CCC(N2CCOCC2C)C1. The van der Waals surface area contributed by atoms with Crippen LogP contribution in [-0.2, 0) is 4.74 Å². The second-order valence-corrected chi connectivity index (χ2v) is 5.53. The van der Waals surface area contributed by atoms with Gasteiger partial charge >= 0.3 is 0 Å². The molecule has 17 heavy (non-hydrogen) atoms. The van der Waals surface area contributed by atoms with E-state index in [-0.39, 0.29) is 12.1 Å². The molecule has 0 bridgehead atoms. The van der Waals surface area contributed by atoms with E-state index in [1.165, 1.54) is 6.42 Å². The van der Waals surface area contributed by atoms with Crippen LogP contribution >= 0.6 is 0 Å². The Morgan fingerprint density at radius 1 is 1.53 bits per heavy atom. The molecule has 1 saturated carbocycles. The van der Waals surface area contributed by atoms with Crippen LogP contribution in [0.15, 0.2) is 0 Å². The van der Waals surface area contributed by atoms with Gasteiger partial charge in [0.2, 0.25) is 0 Å². The van der Waals surface area contributed by atoms with Gasteiger partial charge in [-0.05, 0) is 32.7 Å². The average molecular weight is 242 g/mol. The molecule has 1 heterocycles. The number of aliphatic hydroxyl groups excluding tert-OH is 1. The fraction of sp³-hybridized carbons (Fsp3) is 1.00. The number of morpholine rings is 1. The summed E-state index contributed by atoms with van der Waals surface area (Å²) in [5, 5.41) is 13.1. The van der Waals surface area contributed by atoms with Crippen LogP contribution in [0.3, 0.4) is 0 Å². The van der Waals surface area contributed by atoms with Gasteiger partial charge in [-0.3, -0.25) is 4.90 Å². The summed E-state index contributed by atoms with van der Waals surface area (Å²) in [7, 11) is 0. The lowest BCUT2D eigenvalue weighted by Gasteiger charge is -2.39. The number of hydrogen-bond donors (Lipinski definition) is 2. The molecule has 2 rings (SSSR count). The number of nitrogens with one attached hydrogen (secondary N) is 1. The summed E-state index contributed by atoms with van der Waals surface area (Å²) < 4.78 is 5.49. The molecule has 0 amide bonds. The van der Waals surface area contributed by atoms with Gasteiger partial charge in [0.1, 0.15) is 0 Å². The molecule has 1 aliphatic carbocycles. The van der Waals surface area contributed by atoms with E-state index in [1.54, 1.807) is 0 Å². The fourth-order valence-corrected chi connectivity index (χ4v) is 3.40. The monoisotopic (exact) mass is 242 g/mol. The van der Waals surface area contributed by atoms with Crippen LogP contribution in [0, 0.1) is 0 Å². The van der Waals surface area contributed by atoms with Crippen molar-refractivity contribution in [3.63, 3.8) is 0 Å². The Balaban J connectivity index is 1.95. The highest BCUT2D eigenvalue weighted by molar-refractivity contribution is 5.00. The number of likely N-dealkylation sites (N-methyl/N-ethyl adjacent to an activating group) is 1. The van der Waals surface area contributed by atoms with Crippen LogP contribution in [-0.4, -0.2) is 60.5 Å². The van der Waals surface area contributed by atoms with Gasteiger partial charge in [0.05, 0.1) is 19.8 Å². The predicted octanol–water partition coefficient (Wildman–Crippen LogP) is 0.600. The van der Waals surface area contributed by atoms with Crippen molar-refractivity contribution in [1.82, 2.24) is 10.2 Å². The maximum Gasteiger partial charge on any atom is 0.0619 e. The molecule has 0 aromatic heterocycles. The van der Waals surface area contributed by atoms with E-state index in [9.17, 15) is 5.11 Å². The van der Waals surface area contributed by atoms with Crippen LogP contribution in [0.25, 0.3) is 0 Å². The first-order valence-electron chi connectivity index (χ1n) is 6.90. The highest BCUT2D eigenvalue weighted by atomic mass is 16.5. The van der Waals surface area contributed by atoms with Crippen molar-refractivity contribution in [3.05, 3.63) is 0 Å². The van der Waals surface area contributed by atoms with Crippen LogP contribution < -0.4 is 5.32 Å². The summed E-state index contributed by atoms with van der Waals surface area (Å²) in [5.41, 5.74) is -0.0303. The Morgan fingerprint density at radius 2 is 2.35 bits per heavy atom. The zero-order valence-electron chi connectivity index (χ0n) is 11.1. The smallest absolute Gasteiger partial charge is 0.0619 e. The maximum absolute atomic E-state index is 9.62. The topological polar surface area (TPSA) is 44.7 Å². The van der Waals surface area contributed by atoms with Crippen molar-refractivity contribution in [3.8, 4) is 0 Å². The number of ether oxygens (including phenoxy) is 1. The minimum absolute atomic E-state index is 0.0303. The molecule has 2 fully saturated rings. The molecule has 3 atom stereocenters. The standard InChI is InChI=1S/C13H26N2O2/c1-3-14-13(10-16)5-4-12(8-13)15-6-7-17-9-11(15)2/h11-12,14,16H,3-10H2,1-2H3. The molecule has 0 aromatic carbocycles. The van der Waals surface area contributed by atoms with E-state index in [0.717, 1.165) is 39.1 Å². The van der Waals surface area contributed by atoms with Crippen molar-refractivity contribution >= 4 is 0 Å². The van der Waals surface area contributed by atoms with Crippen molar-refractivity contribution in [2.45, 2.75) is 50.7 Å². The Morgan fingerprint density at radius 3 is 3.00 bits per heavy atom. The third kappa shape index (κ3) is 2.81. The highest BCUT2D eigenvalue weighted by Gasteiger charge is 2.41. The van der Waals surface area contributed by atoms with E-state index in [0.29, 0.717) is 12.1 Å². The van der Waals surface area contributed by atoms with E-state index < -0.39 is 0 Å². The molecule has 4 heteroatoms. The first-order valence-corrected chi connectivity index (χ1v) is 6.90. The number of rotatable bonds is 4. The van der Waals surface area contributed by atoms with E-state index in [2.05, 4.69) is 24.1 Å². The molecule has 4 nitrogen and oxygen atoms in total. The van der Waals surface area contributed by atoms with Crippen molar-refractivity contribution < 1.29 is 9.84 Å². The van der Waals surface area contributed by atoms with E-state index in [1.807, 2.05) is 0 Å². The Bertz CT molecular complexity index is 250. The molecule has 2 aliphatic rings. The van der Waals surface area contributed by atoms with E-state index >= 15 is 0 Å². The van der Waals surface area contributed by atoms with Gasteiger partial charge in [0, 0.05) is 24.2 Å². The molecule has 2 N–H and O–H groups in total. The zero-order chi connectivity index (χ0) is 12.3. The first kappa shape index (κ1) is 13.3. The van der Waals surface area contributed by atoms with Gasteiger partial charge in [-0.25, -0.2) is 0 Å². The summed E-state index contributed by atoms with van der Waals surface area (Å²) in [6.45, 7) is 8.30. The van der Waals surface area contributed by atoms with Gasteiger partial charge in [-0.1, -0.05) is 6.92 Å². The lowest BCUT2D eigenvalue weighted by Crippen LogP contribution is -2.51. The van der Waals surface area contributed by atoms with Gasteiger partial charge in [-0.15, -0.1) is 0 Å². The van der Waals surface area contributed by atoms with Gasteiger partial charge in [-0.2, -0.15) is 0 Å². The lowest BCUT2D eigenvalue weighted by atomic mass is 9.98. The molecule has 0 aromatic rings. The number of hydrogen-bond acceptors (Lipinski definition) is 4. The quantitative estimate of drug-likeness (QED) is 0.758. The minimum Gasteiger partial charge on any atom is -0.394 e. The van der Waals surface area contributed by atoms with E-state index in [4.69, 9.17) is 4.74 Å². The van der Waals surface area contributed by atoms with Crippen LogP contribution in [0.2, 0.25) is 0 Å². The first-order chi connectivity index (χ1) is 8.21. The third-order valence-corrected chi connectivity index (χ3v) is 4.32. The number of nitrogens with zero attached hydrogens (tertiary/aromatic N) is 1. The molecular weight excluding hydrogens is 216 g/mol. The third-order valence-electron chi connectivity index (χ3n) is 4.32. The maximum atomic E-state index is 9.62. The summed E-state index contributed by atoms with van der Waals surface area (Å²) >= 11 is 0. The van der Waals surface area contributed by atoms with Gasteiger partial charge in [0.15, 0.2) is 0 Å². The molecule has 100 valence electrons. The molecule has 1 aliphatic heterocycles. The van der Waals surface area contributed by atoms with Crippen LogP contribution in [0.5, 0.6) is 0 Å². The Labute approximate surface area is 104 Å². The molecule has 0 spiro atoms. The summed E-state index contributed by atoms with van der Waals surface area (Å²) in [6.07, 6.45) is 3.35. The molecule has 0 radical (unpaired) electrons.